The molecule has 0 unspecified atom stereocenters. The van der Waals surface area contributed by atoms with Crippen LogP contribution in [0.2, 0.25) is 5.02 Å². The monoisotopic (exact) mass is 473 g/mol. The first-order chi connectivity index (χ1) is 16.3. The SMILES string of the molecule is CC(C)(C)c1ccc(Cn2c(CCCNC(=O)Cc3ccccc3Cl)nc3ccccc32)cc1. The van der Waals surface area contributed by atoms with E-state index in [1.54, 1.807) is 0 Å². The maximum atomic E-state index is 12.3. The number of carbonyl (C=O) groups excluding carboxylic acids is 1. The average Bonchev–Trinajstić information content (AvgIpc) is 3.15. The van der Waals surface area contributed by atoms with Gasteiger partial charge in [0.1, 0.15) is 5.82 Å². The Morgan fingerprint density at radius 3 is 2.41 bits per heavy atom. The molecule has 4 rings (SSSR count). The lowest BCUT2D eigenvalue weighted by molar-refractivity contribution is -0.120. The highest BCUT2D eigenvalue weighted by atomic mass is 35.5. The zero-order valence-electron chi connectivity index (χ0n) is 20.1. The van der Waals surface area contributed by atoms with E-state index in [0.717, 1.165) is 41.8 Å². The molecule has 1 amide bonds. The summed E-state index contributed by atoms with van der Waals surface area (Å²) < 4.78 is 2.30. The first kappa shape index (κ1) is 24.0. The quantitative estimate of drug-likeness (QED) is 0.304. The molecular weight excluding hydrogens is 442 g/mol. The summed E-state index contributed by atoms with van der Waals surface area (Å²) in [4.78, 5) is 17.2. The summed E-state index contributed by atoms with van der Waals surface area (Å²) in [5.74, 6) is 1.03. The molecule has 0 aliphatic carbocycles. The minimum absolute atomic E-state index is 0.0134. The Hall–Kier alpha value is -3.11. The molecule has 0 aliphatic rings. The highest BCUT2D eigenvalue weighted by Gasteiger charge is 2.15. The molecule has 0 aliphatic heterocycles. The van der Waals surface area contributed by atoms with Gasteiger partial charge in [0.2, 0.25) is 5.91 Å². The fraction of sp³-hybridized carbons (Fsp3) is 0.310. The molecule has 176 valence electrons. The topological polar surface area (TPSA) is 46.9 Å². The van der Waals surface area contributed by atoms with Crippen LogP contribution in [0.1, 0.15) is 49.7 Å². The fourth-order valence-corrected chi connectivity index (χ4v) is 4.34. The van der Waals surface area contributed by atoms with E-state index in [4.69, 9.17) is 16.6 Å². The molecule has 0 radical (unpaired) electrons. The normalized spacial score (nSPS) is 11.6. The van der Waals surface area contributed by atoms with Gasteiger partial charge in [0.05, 0.1) is 17.5 Å². The number of imidazole rings is 1. The number of fused-ring (bicyclic) bond motifs is 1. The Balaban J connectivity index is 1.41. The summed E-state index contributed by atoms with van der Waals surface area (Å²) in [6, 6.07) is 24.6. The molecule has 4 aromatic rings. The van der Waals surface area contributed by atoms with Crippen molar-refractivity contribution in [1.29, 1.82) is 0 Å². The van der Waals surface area contributed by atoms with Gasteiger partial charge in [0.15, 0.2) is 0 Å². The molecule has 0 fully saturated rings. The lowest BCUT2D eigenvalue weighted by Crippen LogP contribution is -2.26. The van der Waals surface area contributed by atoms with E-state index in [-0.39, 0.29) is 11.3 Å². The summed E-state index contributed by atoms with van der Waals surface area (Å²) in [5.41, 5.74) is 5.72. The standard InChI is InChI=1S/C29H32ClN3O/c1-29(2,3)23-16-14-21(15-17-23)20-33-26-12-7-6-11-25(26)32-27(33)13-8-18-31-28(34)19-22-9-4-5-10-24(22)30/h4-7,9-12,14-17H,8,13,18-20H2,1-3H3,(H,31,34). The minimum atomic E-state index is -0.0134. The molecule has 0 saturated carbocycles. The van der Waals surface area contributed by atoms with Gasteiger partial charge in [-0.1, -0.05) is 87.0 Å². The van der Waals surface area contributed by atoms with Gasteiger partial charge in [-0.15, -0.1) is 0 Å². The Labute approximate surface area is 207 Å². The van der Waals surface area contributed by atoms with E-state index in [1.807, 2.05) is 30.3 Å². The van der Waals surface area contributed by atoms with Crippen molar-refractivity contribution < 1.29 is 4.79 Å². The maximum absolute atomic E-state index is 12.3. The molecule has 1 aromatic heterocycles. The molecule has 3 aromatic carbocycles. The predicted octanol–water partition coefficient (Wildman–Crippen LogP) is 6.33. The summed E-state index contributed by atoms with van der Waals surface area (Å²) in [6.07, 6.45) is 1.91. The van der Waals surface area contributed by atoms with E-state index in [1.165, 1.54) is 11.1 Å². The van der Waals surface area contributed by atoms with Crippen LogP contribution in [0.25, 0.3) is 11.0 Å². The Morgan fingerprint density at radius 1 is 0.971 bits per heavy atom. The van der Waals surface area contributed by atoms with Crippen LogP contribution in [-0.2, 0) is 29.6 Å². The highest BCUT2D eigenvalue weighted by molar-refractivity contribution is 6.31. The van der Waals surface area contributed by atoms with E-state index >= 15 is 0 Å². The van der Waals surface area contributed by atoms with Crippen molar-refractivity contribution in [1.82, 2.24) is 14.9 Å². The van der Waals surface area contributed by atoms with Crippen LogP contribution >= 0.6 is 11.6 Å². The summed E-state index contributed by atoms with van der Waals surface area (Å²) in [5, 5.41) is 3.64. The predicted molar refractivity (Wildman–Crippen MR) is 140 cm³/mol. The number of aromatic nitrogens is 2. The molecule has 1 heterocycles. The van der Waals surface area contributed by atoms with Crippen LogP contribution in [0.3, 0.4) is 0 Å². The van der Waals surface area contributed by atoms with Gasteiger partial charge >= 0.3 is 0 Å². The third-order valence-corrected chi connectivity index (χ3v) is 6.47. The number of rotatable bonds is 8. The average molecular weight is 474 g/mol. The van der Waals surface area contributed by atoms with E-state index in [9.17, 15) is 4.79 Å². The Bertz CT molecular complexity index is 1270. The molecule has 5 heteroatoms. The van der Waals surface area contributed by atoms with Crippen LogP contribution in [-0.4, -0.2) is 22.0 Å². The number of benzene rings is 3. The van der Waals surface area contributed by atoms with Gasteiger partial charge in [0.25, 0.3) is 0 Å². The second kappa shape index (κ2) is 10.4. The van der Waals surface area contributed by atoms with Crippen molar-refractivity contribution in [2.75, 3.05) is 6.54 Å². The highest BCUT2D eigenvalue weighted by Crippen LogP contribution is 2.24. The largest absolute Gasteiger partial charge is 0.356 e. The maximum Gasteiger partial charge on any atom is 0.224 e. The van der Waals surface area contributed by atoms with E-state index < -0.39 is 0 Å². The number of amides is 1. The molecule has 0 spiro atoms. The molecule has 4 nitrogen and oxygen atoms in total. The summed E-state index contributed by atoms with van der Waals surface area (Å²) in [6.45, 7) is 8.08. The van der Waals surface area contributed by atoms with Gasteiger partial charge in [-0.3, -0.25) is 4.79 Å². The molecule has 1 N–H and O–H groups in total. The Kier molecular flexibility index (Phi) is 7.38. The van der Waals surface area contributed by atoms with E-state index in [0.29, 0.717) is 18.0 Å². The number of carbonyl (C=O) groups is 1. The van der Waals surface area contributed by atoms with Crippen molar-refractivity contribution in [3.05, 3.63) is 100 Å². The van der Waals surface area contributed by atoms with Gasteiger partial charge in [0, 0.05) is 24.5 Å². The minimum Gasteiger partial charge on any atom is -0.356 e. The number of para-hydroxylation sites is 2. The second-order valence-electron chi connectivity index (χ2n) is 9.77. The number of aryl methyl sites for hydroxylation is 1. The van der Waals surface area contributed by atoms with Gasteiger partial charge < -0.3 is 9.88 Å². The third kappa shape index (κ3) is 5.87. The zero-order valence-corrected chi connectivity index (χ0v) is 20.9. The van der Waals surface area contributed by atoms with Crippen molar-refractivity contribution >= 4 is 28.5 Å². The van der Waals surface area contributed by atoms with Crippen LogP contribution in [0.5, 0.6) is 0 Å². The molecule has 0 bridgehead atoms. The number of hydrogen-bond donors (Lipinski definition) is 1. The lowest BCUT2D eigenvalue weighted by atomic mass is 9.87. The van der Waals surface area contributed by atoms with Gasteiger partial charge in [-0.25, -0.2) is 4.98 Å². The van der Waals surface area contributed by atoms with Crippen LogP contribution in [0.15, 0.2) is 72.8 Å². The zero-order chi connectivity index (χ0) is 24.1. The van der Waals surface area contributed by atoms with Crippen LogP contribution < -0.4 is 5.32 Å². The first-order valence-corrected chi connectivity index (χ1v) is 12.2. The number of hydrogen-bond acceptors (Lipinski definition) is 2. The van der Waals surface area contributed by atoms with Gasteiger partial charge in [-0.05, 0) is 46.7 Å². The third-order valence-electron chi connectivity index (χ3n) is 6.10. The molecular formula is C29H32ClN3O. The number of nitrogens with zero attached hydrogens (tertiary/aromatic N) is 2. The Morgan fingerprint density at radius 2 is 1.68 bits per heavy atom. The fourth-order valence-electron chi connectivity index (χ4n) is 4.14. The van der Waals surface area contributed by atoms with Crippen molar-refractivity contribution in [3.8, 4) is 0 Å². The number of nitrogens with one attached hydrogen (secondary N) is 1. The van der Waals surface area contributed by atoms with Crippen molar-refractivity contribution in [2.45, 2.75) is 52.0 Å². The molecule has 34 heavy (non-hydrogen) atoms. The lowest BCUT2D eigenvalue weighted by Gasteiger charge is -2.19. The van der Waals surface area contributed by atoms with Crippen molar-refractivity contribution in [3.63, 3.8) is 0 Å². The molecule has 0 saturated heterocycles. The number of halogens is 1. The van der Waals surface area contributed by atoms with Gasteiger partial charge in [-0.2, -0.15) is 0 Å². The second-order valence-corrected chi connectivity index (χ2v) is 10.2. The first-order valence-electron chi connectivity index (χ1n) is 11.8. The molecule has 0 atom stereocenters. The summed E-state index contributed by atoms with van der Waals surface area (Å²) in [7, 11) is 0. The summed E-state index contributed by atoms with van der Waals surface area (Å²) >= 11 is 6.17. The van der Waals surface area contributed by atoms with Crippen LogP contribution in [0, 0.1) is 0 Å². The van der Waals surface area contributed by atoms with E-state index in [2.05, 4.69) is 73.1 Å². The smallest absolute Gasteiger partial charge is 0.224 e. The van der Waals surface area contributed by atoms with Crippen molar-refractivity contribution in [2.24, 2.45) is 0 Å². The van der Waals surface area contributed by atoms with Crippen LogP contribution in [0.4, 0.5) is 0 Å².